The van der Waals surface area contributed by atoms with Crippen LogP contribution in [0.5, 0.6) is 5.75 Å². The van der Waals surface area contributed by atoms with Gasteiger partial charge < -0.3 is 9.84 Å². The van der Waals surface area contributed by atoms with E-state index in [1.807, 2.05) is 24.3 Å². The fourth-order valence-corrected chi connectivity index (χ4v) is 2.68. The van der Waals surface area contributed by atoms with E-state index < -0.39 is 18.2 Å². The topological polar surface area (TPSA) is 46.5 Å². The second kappa shape index (κ2) is 5.61. The van der Waals surface area contributed by atoms with Crippen LogP contribution >= 0.6 is 0 Å². The largest absolute Gasteiger partial charge is 0.478 e. The summed E-state index contributed by atoms with van der Waals surface area (Å²) in [6.45, 7) is 0. The molecule has 1 heterocycles. The van der Waals surface area contributed by atoms with Gasteiger partial charge >= 0.3 is 12.1 Å². The number of aliphatic carboxylic acids is 1. The van der Waals surface area contributed by atoms with Gasteiger partial charge in [0, 0.05) is 11.5 Å². The van der Waals surface area contributed by atoms with Crippen LogP contribution in [0.3, 0.4) is 0 Å². The summed E-state index contributed by atoms with van der Waals surface area (Å²) < 4.78 is 43.5. The van der Waals surface area contributed by atoms with Crippen LogP contribution in [0.4, 0.5) is 13.2 Å². The third kappa shape index (κ3) is 3.02. The van der Waals surface area contributed by atoms with E-state index in [-0.39, 0.29) is 22.8 Å². The monoisotopic (exact) mass is 322 g/mol. The fraction of sp³-hybridized carbons (Fsp3) is 0.235. The molecule has 2 unspecified atom stereocenters. The van der Waals surface area contributed by atoms with Crippen LogP contribution in [0.15, 0.2) is 48.6 Å². The van der Waals surface area contributed by atoms with E-state index in [4.69, 9.17) is 4.74 Å². The molecule has 3 nitrogen and oxygen atoms in total. The van der Waals surface area contributed by atoms with Gasteiger partial charge in [-0.3, -0.25) is 0 Å². The predicted octanol–water partition coefficient (Wildman–Crippen LogP) is 4.08. The Morgan fingerprint density at radius 2 is 2.04 bits per heavy atom. The molecule has 1 aliphatic heterocycles. The lowest BCUT2D eigenvalue weighted by molar-refractivity contribution is -0.180. The first-order valence-electron chi connectivity index (χ1n) is 7.02. The normalized spacial score (nSPS) is 23.0. The number of allylic oxidation sites excluding steroid dienone is 4. The number of fused-ring (bicyclic) bond motifs is 1. The van der Waals surface area contributed by atoms with E-state index in [1.54, 1.807) is 12.1 Å². The maximum absolute atomic E-state index is 12.9. The highest BCUT2D eigenvalue weighted by molar-refractivity contribution is 6.16. The molecule has 0 aromatic heterocycles. The van der Waals surface area contributed by atoms with Crippen LogP contribution in [0.2, 0.25) is 0 Å². The molecule has 1 N–H and O–H groups in total. The van der Waals surface area contributed by atoms with Crippen molar-refractivity contribution < 1.29 is 27.8 Å². The zero-order valence-electron chi connectivity index (χ0n) is 11.9. The number of rotatable bonds is 2. The van der Waals surface area contributed by atoms with Gasteiger partial charge in [-0.1, -0.05) is 30.4 Å². The van der Waals surface area contributed by atoms with E-state index in [1.165, 1.54) is 6.07 Å². The number of hydrogen-bond acceptors (Lipinski definition) is 2. The molecular formula is C17H13F3O3. The molecule has 0 fully saturated rings. The van der Waals surface area contributed by atoms with Gasteiger partial charge in [0.2, 0.25) is 6.10 Å². The number of alkyl halides is 3. The first kappa shape index (κ1) is 15.4. The van der Waals surface area contributed by atoms with Gasteiger partial charge in [0.1, 0.15) is 5.75 Å². The Labute approximate surface area is 130 Å². The van der Waals surface area contributed by atoms with Crippen molar-refractivity contribution in [3.8, 4) is 5.75 Å². The van der Waals surface area contributed by atoms with Crippen LogP contribution < -0.4 is 4.74 Å². The lowest BCUT2D eigenvalue weighted by Gasteiger charge is -2.26. The summed E-state index contributed by atoms with van der Waals surface area (Å²) in [5.41, 5.74) is 0.634. The SMILES string of the molecule is O=C(O)C1=CC(C(F)(F)F)Oc2ccc(C3C=CC=CC3)cc21. The predicted molar refractivity (Wildman–Crippen MR) is 78.2 cm³/mol. The van der Waals surface area contributed by atoms with E-state index in [0.717, 1.165) is 12.0 Å². The molecule has 1 aromatic rings. The first-order valence-corrected chi connectivity index (χ1v) is 7.02. The number of carboxylic acids is 1. The van der Waals surface area contributed by atoms with E-state index in [9.17, 15) is 23.1 Å². The zero-order valence-corrected chi connectivity index (χ0v) is 11.9. The van der Waals surface area contributed by atoms with Gasteiger partial charge in [-0.25, -0.2) is 4.79 Å². The molecular weight excluding hydrogens is 309 g/mol. The van der Waals surface area contributed by atoms with Gasteiger partial charge in [-0.2, -0.15) is 13.2 Å². The third-order valence-electron chi connectivity index (χ3n) is 3.83. The number of carbonyl (C=O) groups is 1. The van der Waals surface area contributed by atoms with Crippen molar-refractivity contribution in [3.63, 3.8) is 0 Å². The molecule has 120 valence electrons. The standard InChI is InChI=1S/C17H13F3O3/c18-17(19,20)15-9-13(16(21)22)12-8-11(6-7-14(12)23-15)10-4-2-1-3-5-10/h1-4,6-10,15H,5H2,(H,21,22). The van der Waals surface area contributed by atoms with Crippen molar-refractivity contribution in [3.05, 3.63) is 59.7 Å². The Morgan fingerprint density at radius 1 is 1.26 bits per heavy atom. The van der Waals surface area contributed by atoms with Crippen molar-refractivity contribution >= 4 is 11.5 Å². The van der Waals surface area contributed by atoms with Gasteiger partial charge in [0.15, 0.2) is 0 Å². The Balaban J connectivity index is 2.02. The molecule has 3 rings (SSSR count). The molecule has 0 bridgehead atoms. The summed E-state index contributed by atoms with van der Waals surface area (Å²) in [6.07, 6.45) is 2.21. The van der Waals surface area contributed by atoms with Gasteiger partial charge in [-0.05, 0) is 30.2 Å². The molecule has 0 saturated carbocycles. The quantitative estimate of drug-likeness (QED) is 0.892. The lowest BCUT2D eigenvalue weighted by atomic mass is 9.89. The number of carboxylic acid groups (broad SMARTS) is 1. The molecule has 0 spiro atoms. The van der Waals surface area contributed by atoms with E-state index >= 15 is 0 Å². The number of halogens is 3. The molecule has 0 radical (unpaired) electrons. The summed E-state index contributed by atoms with van der Waals surface area (Å²) in [5.74, 6) is -1.40. The third-order valence-corrected chi connectivity index (χ3v) is 3.83. The van der Waals surface area contributed by atoms with E-state index in [0.29, 0.717) is 6.08 Å². The molecule has 23 heavy (non-hydrogen) atoms. The molecule has 6 heteroatoms. The van der Waals surface area contributed by atoms with Crippen LogP contribution in [0.25, 0.3) is 5.57 Å². The summed E-state index contributed by atoms with van der Waals surface area (Å²) in [7, 11) is 0. The molecule has 2 atom stereocenters. The highest BCUT2D eigenvalue weighted by Gasteiger charge is 2.43. The highest BCUT2D eigenvalue weighted by atomic mass is 19.4. The first-order chi connectivity index (χ1) is 10.9. The molecule has 0 amide bonds. The second-order valence-corrected chi connectivity index (χ2v) is 5.38. The molecule has 2 aliphatic rings. The highest BCUT2D eigenvalue weighted by Crippen LogP contribution is 2.39. The Bertz CT molecular complexity index is 729. The average Bonchev–Trinajstić information content (AvgIpc) is 2.53. The van der Waals surface area contributed by atoms with Crippen molar-refractivity contribution in [2.24, 2.45) is 0 Å². The van der Waals surface area contributed by atoms with Crippen LogP contribution in [0, 0.1) is 0 Å². The number of benzene rings is 1. The Morgan fingerprint density at radius 3 is 2.65 bits per heavy atom. The maximum atomic E-state index is 12.9. The summed E-state index contributed by atoms with van der Waals surface area (Å²) >= 11 is 0. The average molecular weight is 322 g/mol. The second-order valence-electron chi connectivity index (χ2n) is 5.38. The minimum Gasteiger partial charge on any atom is -0.478 e. The van der Waals surface area contributed by atoms with Crippen molar-refractivity contribution in [2.45, 2.75) is 24.6 Å². The fourth-order valence-electron chi connectivity index (χ4n) is 2.68. The van der Waals surface area contributed by atoms with Crippen LogP contribution in [0.1, 0.15) is 23.5 Å². The van der Waals surface area contributed by atoms with Crippen molar-refractivity contribution in [2.75, 3.05) is 0 Å². The van der Waals surface area contributed by atoms with E-state index in [2.05, 4.69) is 0 Å². The van der Waals surface area contributed by atoms with Gasteiger partial charge in [0.05, 0.1) is 5.57 Å². The Hall–Kier alpha value is -2.50. The summed E-state index contributed by atoms with van der Waals surface area (Å²) in [4.78, 5) is 11.4. The Kier molecular flexibility index (Phi) is 3.75. The molecule has 0 saturated heterocycles. The summed E-state index contributed by atoms with van der Waals surface area (Å²) in [6, 6.07) is 4.67. The number of ether oxygens (including phenoxy) is 1. The minimum atomic E-state index is -4.66. The number of hydrogen-bond donors (Lipinski definition) is 1. The van der Waals surface area contributed by atoms with Crippen LogP contribution in [-0.4, -0.2) is 23.4 Å². The molecule has 1 aromatic carbocycles. The van der Waals surface area contributed by atoms with Crippen molar-refractivity contribution in [1.82, 2.24) is 0 Å². The van der Waals surface area contributed by atoms with Crippen molar-refractivity contribution in [1.29, 1.82) is 0 Å². The maximum Gasteiger partial charge on any atom is 0.429 e. The summed E-state index contributed by atoms with van der Waals surface area (Å²) in [5, 5.41) is 9.25. The lowest BCUT2D eigenvalue weighted by Crippen LogP contribution is -2.35. The molecule has 1 aliphatic carbocycles. The minimum absolute atomic E-state index is 0.0636. The smallest absolute Gasteiger partial charge is 0.429 e. The zero-order chi connectivity index (χ0) is 16.6. The van der Waals surface area contributed by atoms with Crippen LogP contribution in [-0.2, 0) is 4.79 Å². The van der Waals surface area contributed by atoms with Gasteiger partial charge in [0.25, 0.3) is 0 Å². The van der Waals surface area contributed by atoms with Gasteiger partial charge in [-0.15, -0.1) is 0 Å².